The number of hydrogen-bond donors (Lipinski definition) is 0. The molecule has 0 N–H and O–H groups in total. The SMILES string of the molecule is O=C1COCC(c2cncc(-c3ccc(OC(F)(F)F)cc3)c2)N1CCC1CCOCC1. The molecule has 32 heavy (non-hydrogen) atoms. The second-order valence-corrected chi connectivity index (χ2v) is 8.04. The number of pyridine rings is 1. The molecule has 0 saturated carbocycles. The molecule has 2 aliphatic heterocycles. The highest BCUT2D eigenvalue weighted by atomic mass is 19.4. The van der Waals surface area contributed by atoms with Gasteiger partial charge in [-0.1, -0.05) is 12.1 Å². The van der Waals surface area contributed by atoms with Crippen LogP contribution in [0.25, 0.3) is 11.1 Å². The third-order valence-corrected chi connectivity index (χ3v) is 5.88. The van der Waals surface area contributed by atoms with Gasteiger partial charge in [0.05, 0.1) is 12.6 Å². The predicted octanol–water partition coefficient (Wildman–Crippen LogP) is 4.36. The van der Waals surface area contributed by atoms with Crippen LogP contribution in [0.2, 0.25) is 0 Å². The molecule has 9 heteroatoms. The van der Waals surface area contributed by atoms with Gasteiger partial charge in [-0.05, 0) is 54.5 Å². The number of amides is 1. The lowest BCUT2D eigenvalue weighted by atomic mass is 9.95. The molecule has 1 atom stereocenters. The van der Waals surface area contributed by atoms with Gasteiger partial charge in [-0.15, -0.1) is 13.2 Å². The topological polar surface area (TPSA) is 60.9 Å². The van der Waals surface area contributed by atoms with Crippen LogP contribution in [0.5, 0.6) is 5.75 Å². The Morgan fingerprint density at radius 1 is 1.06 bits per heavy atom. The average Bonchev–Trinajstić information content (AvgIpc) is 2.78. The Hall–Kier alpha value is -2.65. The quantitative estimate of drug-likeness (QED) is 0.654. The maximum Gasteiger partial charge on any atom is 0.573 e. The third kappa shape index (κ3) is 5.77. The normalized spacial score (nSPS) is 20.4. The van der Waals surface area contributed by atoms with Gasteiger partial charge >= 0.3 is 6.36 Å². The van der Waals surface area contributed by atoms with E-state index in [1.807, 2.05) is 11.0 Å². The third-order valence-electron chi connectivity index (χ3n) is 5.88. The molecule has 6 nitrogen and oxygen atoms in total. The minimum absolute atomic E-state index is 0.0487. The zero-order valence-electron chi connectivity index (χ0n) is 17.5. The molecule has 1 aromatic heterocycles. The fourth-order valence-electron chi connectivity index (χ4n) is 4.16. The molecule has 0 radical (unpaired) electrons. The molecule has 2 saturated heterocycles. The van der Waals surface area contributed by atoms with Crippen molar-refractivity contribution in [2.24, 2.45) is 5.92 Å². The summed E-state index contributed by atoms with van der Waals surface area (Å²) in [5, 5.41) is 0. The molecular formula is C23H25F3N2O4. The number of hydrogen-bond acceptors (Lipinski definition) is 5. The largest absolute Gasteiger partial charge is 0.573 e. The van der Waals surface area contributed by atoms with Crippen molar-refractivity contribution in [2.45, 2.75) is 31.7 Å². The monoisotopic (exact) mass is 450 g/mol. The highest BCUT2D eigenvalue weighted by molar-refractivity contribution is 5.78. The van der Waals surface area contributed by atoms with Crippen LogP contribution in [0.4, 0.5) is 13.2 Å². The van der Waals surface area contributed by atoms with Crippen LogP contribution in [0, 0.1) is 5.92 Å². The highest BCUT2D eigenvalue weighted by Crippen LogP contribution is 2.31. The molecule has 1 unspecified atom stereocenters. The minimum atomic E-state index is -4.73. The predicted molar refractivity (Wildman–Crippen MR) is 110 cm³/mol. The maximum atomic E-state index is 12.6. The first-order valence-electron chi connectivity index (χ1n) is 10.6. The van der Waals surface area contributed by atoms with E-state index in [0.29, 0.717) is 24.6 Å². The highest BCUT2D eigenvalue weighted by Gasteiger charge is 2.32. The zero-order chi connectivity index (χ0) is 22.6. The smallest absolute Gasteiger partial charge is 0.406 e. The summed E-state index contributed by atoms with van der Waals surface area (Å²) in [6.07, 6.45) is 1.55. The van der Waals surface area contributed by atoms with Gasteiger partial charge in [0.1, 0.15) is 12.4 Å². The van der Waals surface area contributed by atoms with Crippen molar-refractivity contribution in [1.82, 2.24) is 9.88 Å². The summed E-state index contributed by atoms with van der Waals surface area (Å²) in [5.74, 6) is 0.213. The van der Waals surface area contributed by atoms with Crippen molar-refractivity contribution in [3.63, 3.8) is 0 Å². The molecule has 1 aromatic carbocycles. The lowest BCUT2D eigenvalue weighted by molar-refractivity contribution is -0.274. The van der Waals surface area contributed by atoms with Crippen molar-refractivity contribution in [2.75, 3.05) is 33.0 Å². The number of alkyl halides is 3. The number of halogens is 3. The van der Waals surface area contributed by atoms with E-state index < -0.39 is 6.36 Å². The fraction of sp³-hybridized carbons (Fsp3) is 0.478. The number of ether oxygens (including phenoxy) is 3. The lowest BCUT2D eigenvalue weighted by Gasteiger charge is -2.37. The van der Waals surface area contributed by atoms with E-state index in [-0.39, 0.29) is 24.3 Å². The maximum absolute atomic E-state index is 12.6. The summed E-state index contributed by atoms with van der Waals surface area (Å²) in [5.41, 5.74) is 2.27. The van der Waals surface area contributed by atoms with E-state index in [2.05, 4.69) is 9.72 Å². The van der Waals surface area contributed by atoms with Crippen molar-refractivity contribution in [3.05, 3.63) is 48.3 Å². The zero-order valence-corrected chi connectivity index (χ0v) is 17.5. The number of morpholine rings is 1. The van der Waals surface area contributed by atoms with Gasteiger partial charge in [0.2, 0.25) is 5.91 Å². The van der Waals surface area contributed by atoms with Gasteiger partial charge in [-0.3, -0.25) is 9.78 Å². The van der Waals surface area contributed by atoms with Crippen molar-refractivity contribution >= 4 is 5.91 Å². The van der Waals surface area contributed by atoms with Gasteiger partial charge in [0, 0.05) is 37.7 Å². The van der Waals surface area contributed by atoms with Gasteiger partial charge in [0.25, 0.3) is 0 Å². The first-order valence-corrected chi connectivity index (χ1v) is 10.6. The van der Waals surface area contributed by atoms with Crippen molar-refractivity contribution in [1.29, 1.82) is 0 Å². The molecule has 0 bridgehead atoms. The number of aromatic nitrogens is 1. The Morgan fingerprint density at radius 2 is 1.81 bits per heavy atom. The summed E-state index contributed by atoms with van der Waals surface area (Å²) < 4.78 is 52.0. The summed E-state index contributed by atoms with van der Waals surface area (Å²) in [7, 11) is 0. The molecular weight excluding hydrogens is 425 g/mol. The Morgan fingerprint density at radius 3 is 2.53 bits per heavy atom. The van der Waals surface area contributed by atoms with Crippen LogP contribution in [0.15, 0.2) is 42.7 Å². The van der Waals surface area contributed by atoms with E-state index in [4.69, 9.17) is 9.47 Å². The molecule has 172 valence electrons. The molecule has 2 aliphatic rings. The van der Waals surface area contributed by atoms with Crippen LogP contribution in [0.1, 0.15) is 30.9 Å². The fourth-order valence-corrected chi connectivity index (χ4v) is 4.16. The number of benzene rings is 1. The second kappa shape index (κ2) is 9.87. The Balaban J connectivity index is 1.49. The standard InChI is InChI=1S/C23H25F3N2O4/c24-23(25,26)32-20-3-1-17(2-4-20)18-11-19(13-27-12-18)21-14-31-15-22(29)28(21)8-5-16-6-9-30-10-7-16/h1-4,11-13,16,21H,5-10,14-15H2. The first kappa shape index (κ1) is 22.5. The molecule has 1 amide bonds. The van der Waals surface area contributed by atoms with Gasteiger partial charge in [-0.25, -0.2) is 0 Å². The van der Waals surface area contributed by atoms with Crippen LogP contribution in [-0.4, -0.2) is 55.1 Å². The van der Waals surface area contributed by atoms with Crippen molar-refractivity contribution in [3.8, 4) is 16.9 Å². The van der Waals surface area contributed by atoms with E-state index in [0.717, 1.165) is 43.6 Å². The minimum Gasteiger partial charge on any atom is -0.406 e. The number of carbonyl (C=O) groups excluding carboxylic acids is 1. The average molecular weight is 450 g/mol. The molecule has 0 aliphatic carbocycles. The van der Waals surface area contributed by atoms with Crippen LogP contribution in [-0.2, 0) is 14.3 Å². The van der Waals surface area contributed by atoms with Gasteiger partial charge in [0.15, 0.2) is 0 Å². The van der Waals surface area contributed by atoms with Gasteiger partial charge in [-0.2, -0.15) is 0 Å². The van der Waals surface area contributed by atoms with Gasteiger partial charge < -0.3 is 19.1 Å². The van der Waals surface area contributed by atoms with Crippen LogP contribution in [0.3, 0.4) is 0 Å². The van der Waals surface area contributed by atoms with Crippen molar-refractivity contribution < 1.29 is 32.2 Å². The lowest BCUT2D eigenvalue weighted by Crippen LogP contribution is -2.45. The summed E-state index contributed by atoms with van der Waals surface area (Å²) in [6.45, 7) is 2.63. The van der Waals surface area contributed by atoms with E-state index >= 15 is 0 Å². The number of rotatable bonds is 6. The molecule has 4 rings (SSSR count). The second-order valence-electron chi connectivity index (χ2n) is 8.04. The van der Waals surface area contributed by atoms with E-state index in [1.54, 1.807) is 24.5 Å². The Labute approximate surface area is 184 Å². The number of carbonyl (C=O) groups is 1. The summed E-state index contributed by atoms with van der Waals surface area (Å²) >= 11 is 0. The summed E-state index contributed by atoms with van der Waals surface area (Å²) in [6, 6.07) is 7.28. The molecule has 2 fully saturated rings. The van der Waals surface area contributed by atoms with E-state index in [9.17, 15) is 18.0 Å². The van der Waals surface area contributed by atoms with E-state index in [1.165, 1.54) is 12.1 Å². The number of nitrogens with zero attached hydrogens (tertiary/aromatic N) is 2. The summed E-state index contributed by atoms with van der Waals surface area (Å²) in [4.78, 5) is 18.8. The Bertz CT molecular complexity index is 914. The molecule has 0 spiro atoms. The van der Waals surface area contributed by atoms with Crippen LogP contribution < -0.4 is 4.74 Å². The first-order chi connectivity index (χ1) is 15.4. The van der Waals surface area contributed by atoms with Crippen LogP contribution >= 0.6 is 0 Å². The Kier molecular flexibility index (Phi) is 6.95. The molecule has 2 aromatic rings. The molecule has 3 heterocycles.